The molecule has 0 saturated heterocycles. The fraction of sp³-hybridized carbons (Fsp3) is 1.00. The first kappa shape index (κ1) is 14.2. The van der Waals surface area contributed by atoms with Gasteiger partial charge < -0.3 is 10.8 Å². The number of hydrogen-bond acceptors (Lipinski definition) is 3. The summed E-state index contributed by atoms with van der Waals surface area (Å²) < 4.78 is 0. The van der Waals surface area contributed by atoms with E-state index in [1.54, 1.807) is 0 Å². The molecule has 0 aromatic carbocycles. The highest BCUT2D eigenvalue weighted by Crippen LogP contribution is 2.61. The smallest absolute Gasteiger partial charge is 0.0464 e. The van der Waals surface area contributed by atoms with Crippen molar-refractivity contribution in [2.75, 3.05) is 18.1 Å². The maximum atomic E-state index is 9.09. The topological polar surface area (TPSA) is 46.2 Å². The predicted molar refractivity (Wildman–Crippen MR) is 82.2 cm³/mol. The van der Waals surface area contributed by atoms with Crippen LogP contribution in [-0.4, -0.2) is 29.3 Å². The van der Waals surface area contributed by atoms with Crippen LogP contribution in [0.25, 0.3) is 0 Å². The highest BCUT2D eigenvalue weighted by atomic mass is 32.2. The second-order valence-corrected chi connectivity index (χ2v) is 8.79. The highest BCUT2D eigenvalue weighted by molar-refractivity contribution is 7.99. The van der Waals surface area contributed by atoms with Crippen molar-refractivity contribution in [3.05, 3.63) is 0 Å². The molecule has 0 spiro atoms. The van der Waals surface area contributed by atoms with Crippen molar-refractivity contribution in [3.63, 3.8) is 0 Å². The lowest BCUT2D eigenvalue weighted by molar-refractivity contribution is -0.0629. The van der Waals surface area contributed by atoms with Crippen LogP contribution in [0.3, 0.4) is 0 Å². The maximum absolute atomic E-state index is 9.09. The van der Waals surface area contributed by atoms with E-state index in [4.69, 9.17) is 10.8 Å². The summed E-state index contributed by atoms with van der Waals surface area (Å²) in [6, 6.07) is 0.386. The monoisotopic (exact) mass is 283 g/mol. The number of aliphatic hydroxyl groups excluding tert-OH is 1. The third kappa shape index (κ3) is 2.84. The van der Waals surface area contributed by atoms with Crippen LogP contribution in [0.2, 0.25) is 0 Å². The second-order valence-electron chi connectivity index (χ2n) is 7.71. The van der Waals surface area contributed by atoms with Gasteiger partial charge in [0.1, 0.15) is 0 Å². The van der Waals surface area contributed by atoms with Crippen molar-refractivity contribution in [1.82, 2.24) is 0 Å². The number of hydrogen-bond donors (Lipinski definition) is 2. The molecule has 0 aliphatic heterocycles. The number of rotatable bonds is 6. The fourth-order valence-corrected chi connectivity index (χ4v) is 6.51. The summed E-state index contributed by atoms with van der Waals surface area (Å²) in [5, 5.41) is 9.09. The minimum atomic E-state index is 0.305. The molecule has 0 radical (unpaired) electrons. The zero-order valence-electron chi connectivity index (χ0n) is 12.2. The molecular formula is C16H29NOS. The number of thioether (sulfide) groups is 1. The fourth-order valence-electron chi connectivity index (χ4n) is 5.26. The first-order valence-corrected chi connectivity index (χ1v) is 9.21. The van der Waals surface area contributed by atoms with E-state index in [1.165, 1.54) is 38.5 Å². The molecule has 4 aliphatic carbocycles. The van der Waals surface area contributed by atoms with Gasteiger partial charge in [0.15, 0.2) is 0 Å². The van der Waals surface area contributed by atoms with E-state index in [0.717, 1.165) is 29.3 Å². The Bertz CT molecular complexity index is 285. The molecule has 2 nitrogen and oxygen atoms in total. The summed E-state index contributed by atoms with van der Waals surface area (Å²) in [6.45, 7) is 2.42. The molecule has 0 heterocycles. The number of aliphatic hydroxyl groups is 1. The van der Waals surface area contributed by atoms with Crippen molar-refractivity contribution in [1.29, 1.82) is 0 Å². The van der Waals surface area contributed by atoms with Crippen molar-refractivity contribution in [2.45, 2.75) is 51.5 Å². The third-order valence-electron chi connectivity index (χ3n) is 5.88. The standard InChI is InChI=1S/C16H29NOS/c1-11(8-18)9-19-10-15(17)16-5-12-2-13(6-16)4-14(3-12)7-16/h11-15,18H,2-10,17H2,1H3. The van der Waals surface area contributed by atoms with Crippen LogP contribution >= 0.6 is 11.8 Å². The van der Waals surface area contributed by atoms with Gasteiger partial charge in [-0.3, -0.25) is 0 Å². The lowest BCUT2D eigenvalue weighted by atomic mass is 9.48. The average Bonchev–Trinajstić information content (AvgIpc) is 2.36. The SMILES string of the molecule is CC(CO)CSCC(N)C12CC3CC(CC(C3)C1)C2. The van der Waals surface area contributed by atoms with E-state index in [-0.39, 0.29) is 0 Å². The van der Waals surface area contributed by atoms with Crippen molar-refractivity contribution < 1.29 is 5.11 Å². The molecular weight excluding hydrogens is 254 g/mol. The summed E-state index contributed by atoms with van der Waals surface area (Å²) in [4.78, 5) is 0. The minimum absolute atomic E-state index is 0.305. The quantitative estimate of drug-likeness (QED) is 0.788. The van der Waals surface area contributed by atoms with E-state index >= 15 is 0 Å². The lowest BCUT2D eigenvalue weighted by Crippen LogP contribution is -2.55. The molecule has 4 bridgehead atoms. The molecule has 110 valence electrons. The van der Waals surface area contributed by atoms with Crippen LogP contribution in [-0.2, 0) is 0 Å². The van der Waals surface area contributed by atoms with E-state index in [9.17, 15) is 0 Å². The molecule has 2 unspecified atom stereocenters. The average molecular weight is 283 g/mol. The summed E-state index contributed by atoms with van der Waals surface area (Å²) >= 11 is 1.96. The third-order valence-corrected chi connectivity index (χ3v) is 7.28. The molecule has 4 saturated carbocycles. The van der Waals surface area contributed by atoms with E-state index < -0.39 is 0 Å². The summed E-state index contributed by atoms with van der Waals surface area (Å²) in [5.74, 6) is 5.55. The second kappa shape index (κ2) is 5.57. The van der Waals surface area contributed by atoms with E-state index in [1.807, 2.05) is 11.8 Å². The van der Waals surface area contributed by atoms with Gasteiger partial charge in [-0.2, -0.15) is 11.8 Å². The first-order chi connectivity index (χ1) is 9.11. The van der Waals surface area contributed by atoms with Crippen molar-refractivity contribution >= 4 is 11.8 Å². The predicted octanol–water partition coefficient (Wildman–Crippen LogP) is 2.89. The summed E-state index contributed by atoms with van der Waals surface area (Å²) in [6.07, 6.45) is 8.74. The molecule has 0 aromatic heterocycles. The Balaban J connectivity index is 1.55. The van der Waals surface area contributed by atoms with E-state index in [0.29, 0.717) is 24.0 Å². The van der Waals surface area contributed by atoms with Crippen LogP contribution in [0.4, 0.5) is 0 Å². The van der Waals surface area contributed by atoms with Crippen LogP contribution in [0.15, 0.2) is 0 Å². The molecule has 0 amide bonds. The first-order valence-electron chi connectivity index (χ1n) is 8.05. The van der Waals surface area contributed by atoms with E-state index in [2.05, 4.69) is 6.92 Å². The molecule has 4 rings (SSSR count). The zero-order valence-corrected chi connectivity index (χ0v) is 13.0. The van der Waals surface area contributed by atoms with Gasteiger partial charge in [0.05, 0.1) is 0 Å². The van der Waals surface area contributed by atoms with Crippen LogP contribution in [0.5, 0.6) is 0 Å². The van der Waals surface area contributed by atoms with Crippen LogP contribution < -0.4 is 5.73 Å². The molecule has 0 aromatic rings. The van der Waals surface area contributed by atoms with Gasteiger partial charge in [-0.15, -0.1) is 0 Å². The van der Waals surface area contributed by atoms with Crippen LogP contribution in [0, 0.1) is 29.1 Å². The Morgan fingerprint density at radius 3 is 2.11 bits per heavy atom. The van der Waals surface area contributed by atoms with Gasteiger partial charge in [-0.25, -0.2) is 0 Å². The normalized spacial score (nSPS) is 43.4. The molecule has 2 atom stereocenters. The van der Waals surface area contributed by atoms with Gasteiger partial charge in [-0.1, -0.05) is 6.92 Å². The Kier molecular flexibility index (Phi) is 4.17. The summed E-state index contributed by atoms with van der Waals surface area (Å²) in [7, 11) is 0. The molecule has 4 fully saturated rings. The Morgan fingerprint density at radius 1 is 1.11 bits per heavy atom. The zero-order chi connectivity index (χ0) is 13.5. The molecule has 4 aliphatic rings. The van der Waals surface area contributed by atoms with Gasteiger partial charge >= 0.3 is 0 Å². The minimum Gasteiger partial charge on any atom is -0.396 e. The summed E-state index contributed by atoms with van der Waals surface area (Å²) in [5.41, 5.74) is 7.11. The molecule has 3 heteroatoms. The maximum Gasteiger partial charge on any atom is 0.0464 e. The van der Waals surface area contributed by atoms with Gasteiger partial charge in [-0.05, 0) is 73.4 Å². The molecule has 19 heavy (non-hydrogen) atoms. The van der Waals surface area contributed by atoms with Crippen molar-refractivity contribution in [3.8, 4) is 0 Å². The lowest BCUT2D eigenvalue weighted by Gasteiger charge is -2.59. The molecule has 3 N–H and O–H groups in total. The Morgan fingerprint density at radius 2 is 1.63 bits per heavy atom. The van der Waals surface area contributed by atoms with Gasteiger partial charge in [0.2, 0.25) is 0 Å². The van der Waals surface area contributed by atoms with Crippen molar-refractivity contribution in [2.24, 2.45) is 34.8 Å². The van der Waals surface area contributed by atoms with Gasteiger partial charge in [0.25, 0.3) is 0 Å². The highest BCUT2D eigenvalue weighted by Gasteiger charge is 2.53. The van der Waals surface area contributed by atoms with Gasteiger partial charge in [0, 0.05) is 18.4 Å². The van der Waals surface area contributed by atoms with Crippen LogP contribution in [0.1, 0.15) is 45.4 Å². The largest absolute Gasteiger partial charge is 0.396 e. The Labute approximate surface area is 121 Å². The Hall–Kier alpha value is 0.270. The number of nitrogens with two attached hydrogens (primary N) is 1.